The minimum Gasteiger partial charge on any atom is -0.363 e. The van der Waals surface area contributed by atoms with Crippen LogP contribution in [0.25, 0.3) is 11.7 Å². The van der Waals surface area contributed by atoms with Gasteiger partial charge in [-0.25, -0.2) is 4.98 Å². The van der Waals surface area contributed by atoms with Crippen molar-refractivity contribution in [1.29, 1.82) is 0 Å². The summed E-state index contributed by atoms with van der Waals surface area (Å²) in [6.07, 6.45) is 3.31. The average molecular weight is 465 g/mol. The molecule has 0 aliphatic carbocycles. The predicted molar refractivity (Wildman–Crippen MR) is 135 cm³/mol. The quantitative estimate of drug-likeness (QED) is 0.433. The zero-order valence-corrected chi connectivity index (χ0v) is 20.0. The number of nitrogens with one attached hydrogen (secondary N) is 1. The van der Waals surface area contributed by atoms with Gasteiger partial charge in [0.1, 0.15) is 15.8 Å². The highest BCUT2D eigenvalue weighted by atomic mass is 32.2. The number of aromatic nitrogens is 2. The number of fused-ring (bicyclic) bond motifs is 1. The molecule has 1 aliphatic heterocycles. The highest BCUT2D eigenvalue weighted by Crippen LogP contribution is 2.34. The van der Waals surface area contributed by atoms with E-state index in [1.54, 1.807) is 17.2 Å². The van der Waals surface area contributed by atoms with Crippen molar-refractivity contribution in [2.75, 3.05) is 5.32 Å². The Morgan fingerprint density at radius 1 is 1.09 bits per heavy atom. The van der Waals surface area contributed by atoms with Crippen molar-refractivity contribution in [3.8, 4) is 0 Å². The Morgan fingerprint density at radius 2 is 1.81 bits per heavy atom. The Bertz CT molecular complexity index is 1300. The highest BCUT2D eigenvalue weighted by molar-refractivity contribution is 8.26. The summed E-state index contributed by atoms with van der Waals surface area (Å²) < 4.78 is 2.01. The number of anilines is 1. The molecule has 0 bridgehead atoms. The molecule has 1 atom stereocenters. The fourth-order valence-electron chi connectivity index (χ4n) is 3.64. The number of carbonyl (C=O) groups is 1. The summed E-state index contributed by atoms with van der Waals surface area (Å²) in [5.74, 6) is 0.251. The largest absolute Gasteiger partial charge is 0.363 e. The molecule has 6 nitrogen and oxygen atoms in total. The topological polar surface area (TPSA) is 66.7 Å². The molecule has 0 saturated carbocycles. The smallest absolute Gasteiger partial charge is 0.267 e. The molecule has 1 aliphatic rings. The standard InChI is InChI=1S/C24H24N4O2S2/c1-14(2)28-23(30)19(32-24(28)31)13-18-20(25-16(4)17-10-6-5-7-11-17)26-21-15(3)9-8-12-27(21)22(18)29/h5-14,16,25H,1-4H3/b19-13+. The van der Waals surface area contributed by atoms with Gasteiger partial charge in [0.2, 0.25) is 0 Å². The van der Waals surface area contributed by atoms with Gasteiger partial charge in [0.25, 0.3) is 11.5 Å². The second-order valence-electron chi connectivity index (χ2n) is 7.99. The summed E-state index contributed by atoms with van der Waals surface area (Å²) in [6.45, 7) is 7.76. The molecule has 8 heteroatoms. The van der Waals surface area contributed by atoms with E-state index in [4.69, 9.17) is 17.2 Å². The molecule has 3 heterocycles. The molecule has 0 radical (unpaired) electrons. The monoisotopic (exact) mass is 464 g/mol. The molecular formula is C24H24N4O2S2. The van der Waals surface area contributed by atoms with Gasteiger partial charge in [-0.2, -0.15) is 0 Å². The molecule has 32 heavy (non-hydrogen) atoms. The molecular weight excluding hydrogens is 440 g/mol. The number of nitrogens with zero attached hydrogens (tertiary/aromatic N) is 3. The normalized spacial score (nSPS) is 16.4. The van der Waals surface area contributed by atoms with Crippen LogP contribution >= 0.6 is 24.0 Å². The molecule has 3 aromatic rings. The van der Waals surface area contributed by atoms with Gasteiger partial charge in [0, 0.05) is 18.3 Å². The molecule has 2 aromatic heterocycles. The van der Waals surface area contributed by atoms with Crippen molar-refractivity contribution in [3.05, 3.63) is 80.6 Å². The number of thioether (sulfide) groups is 1. The lowest BCUT2D eigenvalue weighted by Crippen LogP contribution is -2.34. The second-order valence-corrected chi connectivity index (χ2v) is 9.66. The summed E-state index contributed by atoms with van der Waals surface area (Å²) in [4.78, 5) is 33.2. The summed E-state index contributed by atoms with van der Waals surface area (Å²) in [6, 6.07) is 13.5. The van der Waals surface area contributed by atoms with Crippen LogP contribution in [0.3, 0.4) is 0 Å². The van der Waals surface area contributed by atoms with Gasteiger partial charge < -0.3 is 5.32 Å². The average Bonchev–Trinajstić information content (AvgIpc) is 3.05. The Kier molecular flexibility index (Phi) is 6.17. The Labute approximate surface area is 196 Å². The van der Waals surface area contributed by atoms with Gasteiger partial charge in [0.05, 0.1) is 10.5 Å². The summed E-state index contributed by atoms with van der Waals surface area (Å²) in [7, 11) is 0. The van der Waals surface area contributed by atoms with E-state index >= 15 is 0 Å². The molecule has 1 amide bonds. The molecule has 0 spiro atoms. The van der Waals surface area contributed by atoms with Crippen molar-refractivity contribution in [2.45, 2.75) is 39.8 Å². The van der Waals surface area contributed by atoms with E-state index in [9.17, 15) is 9.59 Å². The first kappa shape index (κ1) is 22.2. The number of hydrogen-bond acceptors (Lipinski definition) is 6. The number of pyridine rings is 1. The van der Waals surface area contributed by atoms with Gasteiger partial charge in [-0.15, -0.1) is 0 Å². The number of aryl methyl sites for hydroxylation is 1. The molecule has 1 unspecified atom stereocenters. The lowest BCUT2D eigenvalue weighted by molar-refractivity contribution is -0.123. The molecule has 1 saturated heterocycles. The number of hydrogen-bond donors (Lipinski definition) is 1. The second kappa shape index (κ2) is 8.88. The Balaban J connectivity index is 1.86. The molecule has 1 fully saturated rings. The number of amides is 1. The van der Waals surface area contributed by atoms with E-state index < -0.39 is 0 Å². The van der Waals surface area contributed by atoms with E-state index in [2.05, 4.69) is 5.32 Å². The summed E-state index contributed by atoms with van der Waals surface area (Å²) in [5.41, 5.74) is 2.62. The SMILES string of the molecule is Cc1cccn2c(=O)c(/C=C3/SC(=S)N(C(C)C)C3=O)c(NC(C)c3ccccc3)nc12. The third-order valence-electron chi connectivity index (χ3n) is 5.35. The van der Waals surface area contributed by atoms with Gasteiger partial charge >= 0.3 is 0 Å². The number of rotatable bonds is 5. The van der Waals surface area contributed by atoms with Crippen molar-refractivity contribution < 1.29 is 4.79 Å². The van der Waals surface area contributed by atoms with Crippen molar-refractivity contribution >= 4 is 51.7 Å². The minimum atomic E-state index is -0.240. The van der Waals surface area contributed by atoms with Crippen LogP contribution in [0.4, 0.5) is 5.82 Å². The number of benzene rings is 1. The maximum absolute atomic E-state index is 13.5. The van der Waals surface area contributed by atoms with Crippen LogP contribution in [0.2, 0.25) is 0 Å². The van der Waals surface area contributed by atoms with Gasteiger partial charge in [0.15, 0.2) is 0 Å². The molecule has 1 N–H and O–H groups in total. The van der Waals surface area contributed by atoms with Crippen LogP contribution in [0, 0.1) is 6.92 Å². The molecule has 1 aromatic carbocycles. The maximum Gasteiger partial charge on any atom is 0.267 e. The minimum absolute atomic E-state index is 0.0532. The van der Waals surface area contributed by atoms with Crippen LogP contribution in [-0.4, -0.2) is 30.6 Å². The van der Waals surface area contributed by atoms with E-state index in [1.165, 1.54) is 16.2 Å². The van der Waals surface area contributed by atoms with Crippen LogP contribution in [0.1, 0.15) is 43.5 Å². The zero-order valence-electron chi connectivity index (χ0n) is 18.3. The maximum atomic E-state index is 13.5. The van der Waals surface area contributed by atoms with E-state index in [0.29, 0.717) is 26.3 Å². The van der Waals surface area contributed by atoms with Crippen LogP contribution in [0.5, 0.6) is 0 Å². The van der Waals surface area contributed by atoms with Crippen molar-refractivity contribution in [3.63, 3.8) is 0 Å². The Hall–Kier alpha value is -2.97. The van der Waals surface area contributed by atoms with Crippen LogP contribution < -0.4 is 10.9 Å². The highest BCUT2D eigenvalue weighted by Gasteiger charge is 2.34. The van der Waals surface area contributed by atoms with Gasteiger partial charge in [-0.3, -0.25) is 18.9 Å². The van der Waals surface area contributed by atoms with Crippen molar-refractivity contribution in [2.24, 2.45) is 0 Å². The third kappa shape index (κ3) is 4.08. The zero-order chi connectivity index (χ0) is 23.0. The first-order valence-corrected chi connectivity index (χ1v) is 11.6. The Morgan fingerprint density at radius 3 is 2.47 bits per heavy atom. The molecule has 164 valence electrons. The van der Waals surface area contributed by atoms with E-state index in [1.807, 2.05) is 70.2 Å². The fourth-order valence-corrected chi connectivity index (χ4v) is 5.14. The first-order valence-electron chi connectivity index (χ1n) is 10.4. The van der Waals surface area contributed by atoms with Gasteiger partial charge in [-0.1, -0.05) is 60.4 Å². The fraction of sp³-hybridized carbons (Fsp3) is 0.250. The predicted octanol–water partition coefficient (Wildman–Crippen LogP) is 4.79. The third-order valence-corrected chi connectivity index (χ3v) is 6.68. The van der Waals surface area contributed by atoms with Crippen molar-refractivity contribution in [1.82, 2.24) is 14.3 Å². The number of thiocarbonyl (C=S) groups is 1. The summed E-state index contributed by atoms with van der Waals surface area (Å²) >= 11 is 6.60. The van der Waals surface area contributed by atoms with Crippen LogP contribution in [-0.2, 0) is 4.79 Å². The molecule has 4 rings (SSSR count). The van der Waals surface area contributed by atoms with Crippen LogP contribution in [0.15, 0.2) is 58.4 Å². The first-order chi connectivity index (χ1) is 15.3. The summed E-state index contributed by atoms with van der Waals surface area (Å²) in [5, 5.41) is 3.38. The number of carbonyl (C=O) groups excluding carboxylic acids is 1. The van der Waals surface area contributed by atoms with Gasteiger partial charge in [-0.05, 0) is 51.0 Å². The lowest BCUT2D eigenvalue weighted by Gasteiger charge is -2.19. The van der Waals surface area contributed by atoms with E-state index in [-0.39, 0.29) is 23.6 Å². The lowest BCUT2D eigenvalue weighted by atomic mass is 10.1. The van der Waals surface area contributed by atoms with E-state index in [0.717, 1.165) is 11.1 Å².